The molecular weight excluding hydrogens is 337 g/mol. The van der Waals surface area contributed by atoms with Gasteiger partial charge in [0.15, 0.2) is 6.54 Å². The summed E-state index contributed by atoms with van der Waals surface area (Å²) in [6, 6.07) is 8.09. The minimum atomic E-state index is -0.477. The zero-order chi connectivity index (χ0) is 18.9. The van der Waals surface area contributed by atoms with E-state index in [0.29, 0.717) is 32.5 Å². The maximum absolute atomic E-state index is 14.1. The van der Waals surface area contributed by atoms with Crippen molar-refractivity contribution in [2.75, 3.05) is 37.7 Å². The van der Waals surface area contributed by atoms with E-state index in [1.54, 1.807) is 25.1 Å². The van der Waals surface area contributed by atoms with Gasteiger partial charge in [-0.1, -0.05) is 12.1 Å². The average Bonchev–Trinajstić information content (AvgIpc) is 2.64. The van der Waals surface area contributed by atoms with Gasteiger partial charge >= 0.3 is 5.97 Å². The number of ether oxygens (including phenoxy) is 1. The second-order valence-electron chi connectivity index (χ2n) is 6.36. The van der Waals surface area contributed by atoms with Gasteiger partial charge in [-0.25, -0.2) is 4.39 Å². The summed E-state index contributed by atoms with van der Waals surface area (Å²) in [4.78, 5) is 26.9. The van der Waals surface area contributed by atoms with Crippen LogP contribution in [0, 0.1) is 23.1 Å². The summed E-state index contributed by atoms with van der Waals surface area (Å²) in [5.74, 6) is -0.959. The number of nitrogens with zero attached hydrogens (tertiary/aromatic N) is 2. The number of halogens is 1. The lowest BCUT2D eigenvalue weighted by molar-refractivity contribution is -0.897. The summed E-state index contributed by atoms with van der Waals surface area (Å²) in [5.41, 5.74) is 0.202. The van der Waals surface area contributed by atoms with Gasteiger partial charge in [0, 0.05) is 19.4 Å². The van der Waals surface area contributed by atoms with Crippen molar-refractivity contribution >= 4 is 17.6 Å². The number of benzene rings is 1. The summed E-state index contributed by atoms with van der Waals surface area (Å²) in [5, 5.41) is 8.83. The number of hydrogen-bond acceptors (Lipinski definition) is 4. The number of amides is 1. The van der Waals surface area contributed by atoms with E-state index in [-0.39, 0.29) is 43.0 Å². The highest BCUT2D eigenvalue weighted by Crippen LogP contribution is 2.19. The third kappa shape index (κ3) is 5.27. The number of rotatable bonds is 7. The van der Waals surface area contributed by atoms with Crippen LogP contribution in [0.2, 0.25) is 0 Å². The quantitative estimate of drug-likeness (QED) is 0.733. The van der Waals surface area contributed by atoms with E-state index in [0.717, 1.165) is 4.90 Å². The molecule has 1 aliphatic rings. The van der Waals surface area contributed by atoms with E-state index < -0.39 is 5.82 Å². The highest BCUT2D eigenvalue weighted by Gasteiger charge is 2.31. The molecule has 26 heavy (non-hydrogen) atoms. The Morgan fingerprint density at radius 1 is 1.35 bits per heavy atom. The zero-order valence-corrected chi connectivity index (χ0v) is 15.0. The lowest BCUT2D eigenvalue weighted by Gasteiger charge is -2.30. The highest BCUT2D eigenvalue weighted by atomic mass is 19.1. The molecule has 2 rings (SSSR count). The van der Waals surface area contributed by atoms with Crippen LogP contribution in [-0.4, -0.2) is 44.7 Å². The number of likely N-dealkylation sites (tertiary alicyclic amines) is 1. The molecule has 0 aliphatic carbocycles. The molecule has 1 N–H and O–H groups in total. The molecule has 0 unspecified atom stereocenters. The first-order valence-corrected chi connectivity index (χ1v) is 8.98. The Balaban J connectivity index is 1.97. The maximum Gasteiger partial charge on any atom is 0.309 e. The summed E-state index contributed by atoms with van der Waals surface area (Å²) < 4.78 is 19.1. The van der Waals surface area contributed by atoms with E-state index >= 15 is 0 Å². The Bertz CT molecular complexity index is 666. The topological polar surface area (TPSA) is 74.8 Å². The number of carbonyl (C=O) groups is 2. The molecule has 7 heteroatoms. The third-order valence-corrected chi connectivity index (χ3v) is 4.61. The largest absolute Gasteiger partial charge is 0.466 e. The Hall–Kier alpha value is -2.46. The first-order valence-electron chi connectivity index (χ1n) is 8.98. The maximum atomic E-state index is 14.1. The second-order valence-corrected chi connectivity index (χ2v) is 6.36. The van der Waals surface area contributed by atoms with Crippen LogP contribution in [0.4, 0.5) is 10.1 Å². The molecule has 1 heterocycles. The van der Waals surface area contributed by atoms with Gasteiger partial charge in [-0.2, -0.15) is 5.26 Å². The molecule has 1 amide bonds. The molecule has 1 fully saturated rings. The van der Waals surface area contributed by atoms with Crippen LogP contribution in [0.3, 0.4) is 0 Å². The standard InChI is InChI=1S/C19H24FN3O3/c1-2-26-19(25)15-8-12-22(13-9-15)14-18(24)23(11-5-10-21)17-7-4-3-6-16(17)20/h3-4,6-7,15H,2,5,8-9,11-14H2,1H3/p+1. The van der Waals surface area contributed by atoms with E-state index in [1.807, 2.05) is 6.07 Å². The number of nitrogens with one attached hydrogen (secondary N) is 1. The predicted molar refractivity (Wildman–Crippen MR) is 93.9 cm³/mol. The van der Waals surface area contributed by atoms with Crippen molar-refractivity contribution in [2.24, 2.45) is 5.92 Å². The molecule has 0 spiro atoms. The molecule has 0 saturated carbocycles. The number of hydrogen-bond donors (Lipinski definition) is 1. The van der Waals surface area contributed by atoms with Crippen molar-refractivity contribution in [3.8, 4) is 6.07 Å². The predicted octanol–water partition coefficient (Wildman–Crippen LogP) is 0.930. The molecular formula is C19H25FN3O3+. The lowest BCUT2D eigenvalue weighted by atomic mass is 9.97. The molecule has 1 aliphatic heterocycles. The van der Waals surface area contributed by atoms with Gasteiger partial charge in [0.2, 0.25) is 0 Å². The molecule has 0 atom stereocenters. The van der Waals surface area contributed by atoms with Gasteiger partial charge in [-0.05, 0) is 19.1 Å². The van der Waals surface area contributed by atoms with Gasteiger partial charge < -0.3 is 14.5 Å². The number of carbonyl (C=O) groups excluding carboxylic acids is 2. The number of para-hydroxylation sites is 1. The van der Waals surface area contributed by atoms with Crippen molar-refractivity contribution in [1.29, 1.82) is 5.26 Å². The van der Waals surface area contributed by atoms with Crippen LogP contribution >= 0.6 is 0 Å². The Morgan fingerprint density at radius 2 is 2.04 bits per heavy atom. The van der Waals surface area contributed by atoms with Crippen molar-refractivity contribution in [3.63, 3.8) is 0 Å². The highest BCUT2D eigenvalue weighted by molar-refractivity contribution is 5.94. The molecule has 0 radical (unpaired) electrons. The Kier molecular flexibility index (Phi) is 7.54. The van der Waals surface area contributed by atoms with E-state index in [1.165, 1.54) is 11.0 Å². The Labute approximate surface area is 153 Å². The fourth-order valence-corrected chi connectivity index (χ4v) is 3.22. The van der Waals surface area contributed by atoms with Crippen molar-refractivity contribution in [1.82, 2.24) is 0 Å². The summed E-state index contributed by atoms with van der Waals surface area (Å²) in [7, 11) is 0. The fourth-order valence-electron chi connectivity index (χ4n) is 3.22. The zero-order valence-electron chi connectivity index (χ0n) is 15.0. The smallest absolute Gasteiger partial charge is 0.309 e. The van der Waals surface area contributed by atoms with E-state index in [4.69, 9.17) is 10.00 Å². The monoisotopic (exact) mass is 362 g/mol. The number of anilines is 1. The molecule has 1 aromatic rings. The van der Waals surface area contributed by atoms with Crippen molar-refractivity contribution in [2.45, 2.75) is 26.2 Å². The fraction of sp³-hybridized carbons (Fsp3) is 0.526. The van der Waals surface area contributed by atoms with Crippen LogP contribution < -0.4 is 9.80 Å². The van der Waals surface area contributed by atoms with Crippen LogP contribution in [0.1, 0.15) is 26.2 Å². The summed E-state index contributed by atoms with van der Waals surface area (Å²) in [6.45, 7) is 3.93. The van der Waals surface area contributed by atoms with Gasteiger partial charge in [0.25, 0.3) is 5.91 Å². The molecule has 0 bridgehead atoms. The molecule has 1 saturated heterocycles. The SMILES string of the molecule is CCOC(=O)C1CC[NH+](CC(=O)N(CCC#N)c2ccccc2F)CC1. The van der Waals surface area contributed by atoms with Gasteiger partial charge in [0.05, 0.1) is 43.8 Å². The molecule has 6 nitrogen and oxygen atoms in total. The number of piperidine rings is 1. The molecule has 140 valence electrons. The second kappa shape index (κ2) is 9.88. The van der Waals surface area contributed by atoms with Crippen LogP contribution in [0.15, 0.2) is 24.3 Å². The van der Waals surface area contributed by atoms with Crippen molar-refractivity contribution < 1.29 is 23.6 Å². The minimum absolute atomic E-state index is 0.102. The van der Waals surface area contributed by atoms with Crippen molar-refractivity contribution in [3.05, 3.63) is 30.1 Å². The lowest BCUT2D eigenvalue weighted by Crippen LogP contribution is -3.14. The Morgan fingerprint density at radius 3 is 2.65 bits per heavy atom. The first-order chi connectivity index (χ1) is 12.6. The van der Waals surface area contributed by atoms with E-state index in [2.05, 4.69) is 0 Å². The van der Waals surface area contributed by atoms with Crippen LogP contribution in [0.25, 0.3) is 0 Å². The normalized spacial score (nSPS) is 19.4. The third-order valence-electron chi connectivity index (χ3n) is 4.61. The number of esters is 1. The van der Waals surface area contributed by atoms with Gasteiger partial charge in [-0.3, -0.25) is 9.59 Å². The van der Waals surface area contributed by atoms with Crippen LogP contribution in [0.5, 0.6) is 0 Å². The van der Waals surface area contributed by atoms with Gasteiger partial charge in [0.1, 0.15) is 5.82 Å². The minimum Gasteiger partial charge on any atom is -0.466 e. The van der Waals surface area contributed by atoms with E-state index in [9.17, 15) is 14.0 Å². The first kappa shape index (κ1) is 19.9. The van der Waals surface area contributed by atoms with Crippen LogP contribution in [-0.2, 0) is 14.3 Å². The molecule has 1 aromatic carbocycles. The summed E-state index contributed by atoms with van der Waals surface area (Å²) in [6.07, 6.45) is 1.50. The molecule has 0 aromatic heterocycles. The summed E-state index contributed by atoms with van der Waals surface area (Å²) >= 11 is 0. The average molecular weight is 362 g/mol. The number of quaternary nitrogens is 1. The number of nitriles is 1. The van der Waals surface area contributed by atoms with Gasteiger partial charge in [-0.15, -0.1) is 0 Å².